The third kappa shape index (κ3) is 3.10. The van der Waals surface area contributed by atoms with Crippen LogP contribution in [0.5, 0.6) is 0 Å². The van der Waals surface area contributed by atoms with Crippen LogP contribution in [-0.4, -0.2) is 21.2 Å². The molecule has 0 saturated carbocycles. The molecule has 94 valence electrons. The van der Waals surface area contributed by atoms with E-state index in [9.17, 15) is 0 Å². The third-order valence-corrected chi connectivity index (χ3v) is 2.95. The summed E-state index contributed by atoms with van der Waals surface area (Å²) in [7, 11) is 0. The predicted octanol–water partition coefficient (Wildman–Crippen LogP) is 2.35. The van der Waals surface area contributed by atoms with Crippen LogP contribution < -0.4 is 11.1 Å². The highest BCUT2D eigenvalue weighted by molar-refractivity contribution is 7.98. The zero-order valence-corrected chi connectivity index (χ0v) is 11.1. The van der Waals surface area contributed by atoms with Gasteiger partial charge in [-0.25, -0.2) is 9.97 Å². The quantitative estimate of drug-likeness (QED) is 0.650. The van der Waals surface area contributed by atoms with E-state index in [4.69, 9.17) is 5.73 Å². The Bertz CT molecular complexity index is 517. The van der Waals surface area contributed by atoms with Gasteiger partial charge in [0.05, 0.1) is 11.7 Å². The van der Waals surface area contributed by atoms with Crippen LogP contribution in [0.2, 0.25) is 0 Å². The molecule has 0 amide bonds. The molecule has 0 aliphatic heterocycles. The van der Waals surface area contributed by atoms with Gasteiger partial charge in [0.25, 0.3) is 0 Å². The van der Waals surface area contributed by atoms with Gasteiger partial charge >= 0.3 is 0 Å². The van der Waals surface area contributed by atoms with Crippen molar-refractivity contribution in [1.82, 2.24) is 15.0 Å². The van der Waals surface area contributed by atoms with Gasteiger partial charge in [-0.1, -0.05) is 17.8 Å². The van der Waals surface area contributed by atoms with E-state index in [1.807, 2.05) is 31.4 Å². The fourth-order valence-corrected chi connectivity index (χ4v) is 1.92. The number of rotatable bonds is 4. The molecule has 18 heavy (non-hydrogen) atoms. The normalized spacial score (nSPS) is 12.1. The van der Waals surface area contributed by atoms with Crippen LogP contribution >= 0.6 is 11.8 Å². The molecule has 1 atom stereocenters. The van der Waals surface area contributed by atoms with Gasteiger partial charge in [0.15, 0.2) is 5.16 Å². The summed E-state index contributed by atoms with van der Waals surface area (Å²) in [6.45, 7) is 2.03. The van der Waals surface area contributed by atoms with E-state index in [-0.39, 0.29) is 6.04 Å². The molecule has 2 aromatic rings. The number of hydrogen-bond acceptors (Lipinski definition) is 6. The highest BCUT2D eigenvalue weighted by Crippen LogP contribution is 2.19. The third-order valence-electron chi connectivity index (χ3n) is 2.40. The average molecular weight is 261 g/mol. The molecule has 0 bridgehead atoms. The molecule has 5 nitrogen and oxygen atoms in total. The number of nitrogens with one attached hydrogen (secondary N) is 1. The maximum absolute atomic E-state index is 5.73. The average Bonchev–Trinajstić information content (AvgIpc) is 2.39. The van der Waals surface area contributed by atoms with Gasteiger partial charge in [-0.05, 0) is 25.3 Å². The van der Waals surface area contributed by atoms with Crippen molar-refractivity contribution in [3.8, 4) is 0 Å². The molecule has 6 heteroatoms. The van der Waals surface area contributed by atoms with Crippen molar-refractivity contribution in [3.63, 3.8) is 0 Å². The van der Waals surface area contributed by atoms with Gasteiger partial charge < -0.3 is 11.1 Å². The smallest absolute Gasteiger partial charge is 0.191 e. The van der Waals surface area contributed by atoms with Crippen molar-refractivity contribution >= 4 is 23.4 Å². The fraction of sp³-hybridized carbons (Fsp3) is 0.250. The second kappa shape index (κ2) is 5.68. The molecule has 2 rings (SSSR count). The first-order valence-electron chi connectivity index (χ1n) is 5.55. The number of nitrogen functional groups attached to an aromatic ring is 1. The van der Waals surface area contributed by atoms with E-state index < -0.39 is 0 Å². The summed E-state index contributed by atoms with van der Waals surface area (Å²) in [6, 6.07) is 7.61. The molecular formula is C12H15N5S. The molecule has 3 N–H and O–H groups in total. The summed E-state index contributed by atoms with van der Waals surface area (Å²) >= 11 is 1.46. The largest absolute Gasteiger partial charge is 0.383 e. The van der Waals surface area contributed by atoms with E-state index >= 15 is 0 Å². The van der Waals surface area contributed by atoms with Crippen molar-refractivity contribution in [3.05, 3.63) is 36.2 Å². The topological polar surface area (TPSA) is 76.7 Å². The Morgan fingerprint density at radius 2 is 2.17 bits per heavy atom. The van der Waals surface area contributed by atoms with E-state index in [0.717, 1.165) is 5.69 Å². The molecule has 0 saturated heterocycles. The Morgan fingerprint density at radius 1 is 1.33 bits per heavy atom. The zero-order valence-electron chi connectivity index (χ0n) is 10.3. The summed E-state index contributed by atoms with van der Waals surface area (Å²) in [6.07, 6.45) is 3.69. The van der Waals surface area contributed by atoms with E-state index in [2.05, 4.69) is 20.3 Å². The highest BCUT2D eigenvalue weighted by atomic mass is 32.2. The zero-order chi connectivity index (χ0) is 13.0. The first kappa shape index (κ1) is 12.6. The van der Waals surface area contributed by atoms with E-state index in [1.165, 1.54) is 11.8 Å². The molecule has 0 fully saturated rings. The number of thioether (sulfide) groups is 1. The monoisotopic (exact) mass is 261 g/mol. The molecular weight excluding hydrogens is 246 g/mol. The molecule has 0 spiro atoms. The molecule has 2 heterocycles. The highest BCUT2D eigenvalue weighted by Gasteiger charge is 2.08. The van der Waals surface area contributed by atoms with Crippen LogP contribution in [0.25, 0.3) is 0 Å². The minimum atomic E-state index is 0.0650. The first-order chi connectivity index (χ1) is 8.69. The van der Waals surface area contributed by atoms with Crippen LogP contribution in [0, 0.1) is 0 Å². The van der Waals surface area contributed by atoms with Crippen molar-refractivity contribution in [2.75, 3.05) is 17.3 Å². The van der Waals surface area contributed by atoms with Crippen molar-refractivity contribution in [2.45, 2.75) is 18.1 Å². The van der Waals surface area contributed by atoms with Gasteiger partial charge in [-0.2, -0.15) is 0 Å². The summed E-state index contributed by atoms with van der Waals surface area (Å²) in [5, 5.41) is 3.92. The number of hydrogen-bond donors (Lipinski definition) is 2. The maximum atomic E-state index is 5.73. The fourth-order valence-electron chi connectivity index (χ4n) is 1.54. The van der Waals surface area contributed by atoms with Crippen LogP contribution in [0.3, 0.4) is 0 Å². The Labute approximate surface area is 110 Å². The van der Waals surface area contributed by atoms with Crippen molar-refractivity contribution < 1.29 is 0 Å². The Kier molecular flexibility index (Phi) is 3.99. The molecule has 0 aromatic carbocycles. The van der Waals surface area contributed by atoms with Crippen LogP contribution in [0.1, 0.15) is 18.7 Å². The van der Waals surface area contributed by atoms with Gasteiger partial charge in [-0.3, -0.25) is 4.98 Å². The Balaban J connectivity index is 2.16. The standard InChI is InChI=1S/C12H15N5S/c1-8(9-5-3-4-6-14-9)15-11-7-10(13)16-12(17-11)18-2/h3-8H,1-2H3,(H3,13,15,16,17). The molecule has 0 aliphatic carbocycles. The maximum Gasteiger partial charge on any atom is 0.191 e. The van der Waals surface area contributed by atoms with Gasteiger partial charge in [0.1, 0.15) is 11.6 Å². The lowest BCUT2D eigenvalue weighted by Gasteiger charge is -2.14. The lowest BCUT2D eigenvalue weighted by atomic mass is 10.2. The summed E-state index contributed by atoms with van der Waals surface area (Å²) in [5.74, 6) is 1.18. The Morgan fingerprint density at radius 3 is 2.83 bits per heavy atom. The van der Waals surface area contributed by atoms with Crippen molar-refractivity contribution in [1.29, 1.82) is 0 Å². The number of nitrogens with zero attached hydrogens (tertiary/aromatic N) is 3. The second-order valence-corrected chi connectivity index (χ2v) is 4.56. The minimum absolute atomic E-state index is 0.0650. The number of pyridine rings is 1. The van der Waals surface area contributed by atoms with Gasteiger partial charge in [-0.15, -0.1) is 0 Å². The molecule has 0 aliphatic rings. The summed E-state index contributed by atoms with van der Waals surface area (Å²) < 4.78 is 0. The van der Waals surface area contributed by atoms with Crippen molar-refractivity contribution in [2.24, 2.45) is 0 Å². The summed E-state index contributed by atoms with van der Waals surface area (Å²) in [5.41, 5.74) is 6.69. The first-order valence-corrected chi connectivity index (χ1v) is 6.77. The van der Waals surface area contributed by atoms with E-state index in [1.54, 1.807) is 12.3 Å². The Hall–Kier alpha value is -1.82. The lowest BCUT2D eigenvalue weighted by Crippen LogP contribution is -2.10. The summed E-state index contributed by atoms with van der Waals surface area (Å²) in [4.78, 5) is 12.8. The number of anilines is 2. The molecule has 0 radical (unpaired) electrons. The predicted molar refractivity (Wildman–Crippen MR) is 74.5 cm³/mol. The lowest BCUT2D eigenvalue weighted by molar-refractivity contribution is 0.822. The van der Waals surface area contributed by atoms with Crippen LogP contribution in [0.4, 0.5) is 11.6 Å². The molecule has 1 unspecified atom stereocenters. The SMILES string of the molecule is CSc1nc(N)cc(NC(C)c2ccccn2)n1. The second-order valence-electron chi connectivity index (χ2n) is 3.79. The van der Waals surface area contributed by atoms with Crippen LogP contribution in [-0.2, 0) is 0 Å². The van der Waals surface area contributed by atoms with Gasteiger partial charge in [0.2, 0.25) is 0 Å². The minimum Gasteiger partial charge on any atom is -0.383 e. The number of nitrogens with two attached hydrogens (primary N) is 1. The van der Waals surface area contributed by atoms with Gasteiger partial charge in [0, 0.05) is 12.3 Å². The van der Waals surface area contributed by atoms with E-state index in [0.29, 0.717) is 16.8 Å². The number of aromatic nitrogens is 3. The molecule has 2 aromatic heterocycles. The van der Waals surface area contributed by atoms with Crippen LogP contribution in [0.15, 0.2) is 35.6 Å².